The number of aliphatic carboxylic acids is 1. The maximum Gasteiger partial charge on any atom is 0.321 e. The Labute approximate surface area is 97.3 Å². The van der Waals surface area contributed by atoms with Crippen molar-refractivity contribution in [3.05, 3.63) is 5.89 Å². The Balaban J connectivity index is 1.97. The van der Waals surface area contributed by atoms with Crippen molar-refractivity contribution in [2.75, 3.05) is 31.2 Å². The summed E-state index contributed by atoms with van der Waals surface area (Å²) in [6.07, 6.45) is 0.0344. The molecule has 2 heterocycles. The molecule has 0 unspecified atom stereocenters. The van der Waals surface area contributed by atoms with Crippen molar-refractivity contribution < 1.29 is 19.2 Å². The summed E-state index contributed by atoms with van der Waals surface area (Å²) < 4.78 is 10.2. The quantitative estimate of drug-likeness (QED) is 0.680. The lowest BCUT2D eigenvalue weighted by atomic mass is 10.2. The van der Waals surface area contributed by atoms with Crippen LogP contribution in [-0.2, 0) is 16.0 Å². The first-order chi connectivity index (χ1) is 8.16. The number of nitrogens with two attached hydrogens (primary N) is 1. The molecular formula is C9H14N4O4. The Kier molecular flexibility index (Phi) is 3.55. The van der Waals surface area contributed by atoms with Gasteiger partial charge >= 0.3 is 5.97 Å². The van der Waals surface area contributed by atoms with Gasteiger partial charge in [0.2, 0.25) is 5.89 Å². The molecule has 0 bridgehead atoms. The second-order valence-corrected chi connectivity index (χ2v) is 3.74. The lowest BCUT2D eigenvalue weighted by Crippen LogP contribution is -2.37. The number of carboxylic acids is 1. The number of ether oxygens (including phenoxy) is 1. The van der Waals surface area contributed by atoms with Crippen molar-refractivity contribution in [1.29, 1.82) is 0 Å². The number of anilines is 1. The fourth-order valence-corrected chi connectivity index (χ4v) is 1.50. The van der Waals surface area contributed by atoms with Crippen LogP contribution in [0.25, 0.3) is 0 Å². The first kappa shape index (κ1) is 11.8. The maximum atomic E-state index is 10.6. The summed E-state index contributed by atoms with van der Waals surface area (Å²) in [6, 6.07) is -1.02. The van der Waals surface area contributed by atoms with Gasteiger partial charge in [0, 0.05) is 13.1 Å². The highest BCUT2D eigenvalue weighted by Gasteiger charge is 2.20. The Bertz CT molecular complexity index is 388. The molecule has 2 rings (SSSR count). The van der Waals surface area contributed by atoms with E-state index in [0.29, 0.717) is 32.3 Å². The summed E-state index contributed by atoms with van der Waals surface area (Å²) in [5, 5.41) is 12.4. The molecule has 1 aromatic heterocycles. The molecule has 0 aliphatic carbocycles. The van der Waals surface area contributed by atoms with Gasteiger partial charge < -0.3 is 25.0 Å². The van der Waals surface area contributed by atoms with Gasteiger partial charge in [-0.1, -0.05) is 0 Å². The number of rotatable bonds is 4. The van der Waals surface area contributed by atoms with E-state index in [1.807, 2.05) is 4.90 Å². The van der Waals surface area contributed by atoms with Gasteiger partial charge in [0.15, 0.2) is 0 Å². The fraction of sp³-hybridized carbons (Fsp3) is 0.667. The molecule has 17 heavy (non-hydrogen) atoms. The van der Waals surface area contributed by atoms with Gasteiger partial charge in [-0.05, 0) is 5.16 Å². The second-order valence-electron chi connectivity index (χ2n) is 3.74. The number of hydrogen-bond donors (Lipinski definition) is 2. The monoisotopic (exact) mass is 242 g/mol. The Morgan fingerprint density at radius 1 is 1.53 bits per heavy atom. The smallest absolute Gasteiger partial charge is 0.321 e. The van der Waals surface area contributed by atoms with Crippen molar-refractivity contribution >= 4 is 11.9 Å². The van der Waals surface area contributed by atoms with Crippen LogP contribution in [0.3, 0.4) is 0 Å². The third-order valence-corrected chi connectivity index (χ3v) is 2.46. The predicted octanol–water partition coefficient (Wildman–Crippen LogP) is -1.14. The molecule has 0 aromatic carbocycles. The average Bonchev–Trinajstić information content (AvgIpc) is 2.78. The molecule has 0 saturated carbocycles. The van der Waals surface area contributed by atoms with Gasteiger partial charge in [0.25, 0.3) is 5.95 Å². The van der Waals surface area contributed by atoms with E-state index in [1.165, 1.54) is 0 Å². The Morgan fingerprint density at radius 2 is 2.24 bits per heavy atom. The molecule has 8 heteroatoms. The number of morpholine rings is 1. The van der Waals surface area contributed by atoms with Crippen molar-refractivity contribution in [2.45, 2.75) is 12.5 Å². The minimum Gasteiger partial charge on any atom is -0.480 e. The van der Waals surface area contributed by atoms with Crippen molar-refractivity contribution in [3.63, 3.8) is 0 Å². The molecule has 94 valence electrons. The van der Waals surface area contributed by atoms with Crippen LogP contribution in [0.4, 0.5) is 5.95 Å². The SMILES string of the molecule is N[C@@H](Cc1nc(N2CCOCC2)no1)C(=O)O. The fourth-order valence-electron chi connectivity index (χ4n) is 1.50. The average molecular weight is 242 g/mol. The lowest BCUT2D eigenvalue weighted by molar-refractivity contribution is -0.138. The van der Waals surface area contributed by atoms with Crippen molar-refractivity contribution in [1.82, 2.24) is 10.1 Å². The highest BCUT2D eigenvalue weighted by Crippen LogP contribution is 2.11. The topological polar surface area (TPSA) is 115 Å². The predicted molar refractivity (Wildman–Crippen MR) is 56.6 cm³/mol. The van der Waals surface area contributed by atoms with Gasteiger partial charge in [-0.2, -0.15) is 4.98 Å². The normalized spacial score (nSPS) is 18.1. The van der Waals surface area contributed by atoms with Crippen LogP contribution >= 0.6 is 0 Å². The van der Waals surface area contributed by atoms with E-state index >= 15 is 0 Å². The molecule has 1 aliphatic heterocycles. The summed E-state index contributed by atoms with van der Waals surface area (Å²) in [4.78, 5) is 16.6. The van der Waals surface area contributed by atoms with Gasteiger partial charge in [-0.25, -0.2) is 0 Å². The molecule has 1 aromatic rings. The largest absolute Gasteiger partial charge is 0.480 e. The van der Waals surface area contributed by atoms with Crippen LogP contribution < -0.4 is 10.6 Å². The van der Waals surface area contributed by atoms with Crippen LogP contribution in [0.5, 0.6) is 0 Å². The first-order valence-electron chi connectivity index (χ1n) is 5.30. The molecule has 1 atom stereocenters. The molecule has 1 saturated heterocycles. The van der Waals surface area contributed by atoms with Crippen molar-refractivity contribution in [3.8, 4) is 0 Å². The van der Waals surface area contributed by atoms with Crippen molar-refractivity contribution in [2.24, 2.45) is 5.73 Å². The van der Waals surface area contributed by atoms with Gasteiger partial charge in [-0.15, -0.1) is 0 Å². The summed E-state index contributed by atoms with van der Waals surface area (Å²) in [5.41, 5.74) is 5.38. The zero-order chi connectivity index (χ0) is 12.3. The molecular weight excluding hydrogens is 228 g/mol. The molecule has 0 spiro atoms. The van der Waals surface area contributed by atoms with Crippen LogP contribution in [0.1, 0.15) is 5.89 Å². The first-order valence-corrected chi connectivity index (χ1v) is 5.30. The van der Waals surface area contributed by atoms with E-state index in [4.69, 9.17) is 20.1 Å². The van der Waals surface area contributed by atoms with Gasteiger partial charge in [0.1, 0.15) is 6.04 Å². The van der Waals surface area contributed by atoms with E-state index in [1.54, 1.807) is 0 Å². The number of aromatic nitrogens is 2. The van der Waals surface area contributed by atoms with E-state index in [9.17, 15) is 4.79 Å². The van der Waals surface area contributed by atoms with Gasteiger partial charge in [0.05, 0.1) is 19.6 Å². The number of carbonyl (C=O) groups is 1. The van der Waals surface area contributed by atoms with E-state index < -0.39 is 12.0 Å². The molecule has 3 N–H and O–H groups in total. The van der Waals surface area contributed by atoms with Crippen LogP contribution in [-0.4, -0.2) is 53.6 Å². The molecule has 0 amide bonds. The summed E-state index contributed by atoms with van der Waals surface area (Å²) in [5.74, 6) is -0.390. The zero-order valence-electron chi connectivity index (χ0n) is 9.20. The highest BCUT2D eigenvalue weighted by molar-refractivity contribution is 5.73. The molecule has 0 radical (unpaired) electrons. The second kappa shape index (κ2) is 5.11. The van der Waals surface area contributed by atoms with Crippen LogP contribution in [0, 0.1) is 0 Å². The van der Waals surface area contributed by atoms with E-state index in [-0.39, 0.29) is 12.3 Å². The zero-order valence-corrected chi connectivity index (χ0v) is 9.20. The third-order valence-electron chi connectivity index (χ3n) is 2.46. The molecule has 1 fully saturated rings. The number of carboxylic acid groups (broad SMARTS) is 1. The Morgan fingerprint density at radius 3 is 2.88 bits per heavy atom. The third kappa shape index (κ3) is 2.92. The summed E-state index contributed by atoms with van der Waals surface area (Å²) in [7, 11) is 0. The molecule has 1 aliphatic rings. The molecule has 8 nitrogen and oxygen atoms in total. The van der Waals surface area contributed by atoms with E-state index in [0.717, 1.165) is 0 Å². The lowest BCUT2D eigenvalue weighted by Gasteiger charge is -2.24. The minimum absolute atomic E-state index is 0.0344. The maximum absolute atomic E-state index is 10.6. The minimum atomic E-state index is -1.09. The highest BCUT2D eigenvalue weighted by atomic mass is 16.5. The van der Waals surface area contributed by atoms with Crippen LogP contribution in [0.2, 0.25) is 0 Å². The van der Waals surface area contributed by atoms with Gasteiger partial charge in [-0.3, -0.25) is 4.79 Å². The summed E-state index contributed by atoms with van der Waals surface area (Å²) in [6.45, 7) is 2.64. The summed E-state index contributed by atoms with van der Waals surface area (Å²) >= 11 is 0. The standard InChI is InChI=1S/C9H14N4O4/c10-6(8(14)15)5-7-11-9(12-17-7)13-1-3-16-4-2-13/h6H,1-5,10H2,(H,14,15)/t6-/m0/s1. The number of nitrogens with zero attached hydrogens (tertiary/aromatic N) is 3. The van der Waals surface area contributed by atoms with Crippen LogP contribution in [0.15, 0.2) is 4.52 Å². The Hall–Kier alpha value is -1.67. The number of hydrogen-bond acceptors (Lipinski definition) is 7. The van der Waals surface area contributed by atoms with E-state index in [2.05, 4.69) is 10.1 Å².